The van der Waals surface area contributed by atoms with Gasteiger partial charge in [-0.2, -0.15) is 0 Å². The van der Waals surface area contributed by atoms with E-state index in [0.717, 1.165) is 19.3 Å². The Morgan fingerprint density at radius 3 is 2.31 bits per heavy atom. The molecular formula is C13H27NO2. The maximum absolute atomic E-state index is 9.79. The minimum absolute atomic E-state index is 0.214. The van der Waals surface area contributed by atoms with Crippen LogP contribution >= 0.6 is 0 Å². The third-order valence-corrected chi connectivity index (χ3v) is 3.08. The molecule has 96 valence electrons. The highest BCUT2D eigenvalue weighted by Gasteiger charge is 2.24. The molecule has 0 saturated carbocycles. The Kier molecular flexibility index (Phi) is 5.73. The van der Waals surface area contributed by atoms with E-state index in [0.29, 0.717) is 30.7 Å². The lowest BCUT2D eigenvalue weighted by Crippen LogP contribution is -2.44. The molecule has 1 rings (SSSR count). The summed E-state index contributed by atoms with van der Waals surface area (Å²) < 4.78 is 5.69. The van der Waals surface area contributed by atoms with Gasteiger partial charge in [-0.05, 0) is 39.0 Å². The van der Waals surface area contributed by atoms with Crippen LogP contribution in [-0.4, -0.2) is 36.0 Å². The van der Waals surface area contributed by atoms with Crippen molar-refractivity contribution < 1.29 is 9.84 Å². The first kappa shape index (κ1) is 13.9. The predicted octanol–water partition coefficient (Wildman–Crippen LogP) is 1.94. The number of aliphatic hydroxyl groups excluding tert-OH is 1. The second-order valence-electron chi connectivity index (χ2n) is 5.62. The summed E-state index contributed by atoms with van der Waals surface area (Å²) in [5.74, 6) is 0.560. The zero-order valence-electron chi connectivity index (χ0n) is 11.1. The highest BCUT2D eigenvalue weighted by Crippen LogP contribution is 2.19. The Morgan fingerprint density at radius 1 is 1.25 bits per heavy atom. The van der Waals surface area contributed by atoms with Crippen molar-refractivity contribution in [2.75, 3.05) is 6.54 Å². The van der Waals surface area contributed by atoms with Crippen LogP contribution in [0.5, 0.6) is 0 Å². The van der Waals surface area contributed by atoms with Crippen LogP contribution in [0.1, 0.15) is 47.0 Å². The Bertz CT molecular complexity index is 186. The number of ether oxygens (including phenoxy) is 1. The second-order valence-corrected chi connectivity index (χ2v) is 5.62. The molecule has 3 atom stereocenters. The highest BCUT2D eigenvalue weighted by molar-refractivity contribution is 4.79. The van der Waals surface area contributed by atoms with Crippen LogP contribution in [0.4, 0.5) is 0 Å². The molecule has 3 heteroatoms. The molecule has 0 bridgehead atoms. The van der Waals surface area contributed by atoms with E-state index in [2.05, 4.69) is 33.0 Å². The molecule has 0 aromatic heterocycles. The second kappa shape index (κ2) is 6.58. The third kappa shape index (κ3) is 5.28. The van der Waals surface area contributed by atoms with Crippen molar-refractivity contribution in [1.29, 1.82) is 0 Å². The molecule has 0 aliphatic carbocycles. The first-order valence-corrected chi connectivity index (χ1v) is 6.54. The van der Waals surface area contributed by atoms with Crippen molar-refractivity contribution in [3.05, 3.63) is 0 Å². The molecule has 0 radical (unpaired) electrons. The molecule has 1 fully saturated rings. The quantitative estimate of drug-likeness (QED) is 0.757. The number of hydrogen-bond acceptors (Lipinski definition) is 3. The first-order valence-electron chi connectivity index (χ1n) is 6.54. The molecular weight excluding hydrogens is 202 g/mol. The van der Waals surface area contributed by atoms with Crippen molar-refractivity contribution in [1.82, 2.24) is 5.32 Å². The predicted molar refractivity (Wildman–Crippen MR) is 66.5 cm³/mol. The molecule has 16 heavy (non-hydrogen) atoms. The van der Waals surface area contributed by atoms with Gasteiger partial charge in [0.2, 0.25) is 0 Å². The zero-order valence-corrected chi connectivity index (χ0v) is 11.1. The van der Waals surface area contributed by atoms with Gasteiger partial charge in [-0.1, -0.05) is 13.8 Å². The fraction of sp³-hybridized carbons (Fsp3) is 1.00. The largest absolute Gasteiger partial charge is 0.392 e. The monoisotopic (exact) mass is 229 g/mol. The minimum Gasteiger partial charge on any atom is -0.392 e. The smallest absolute Gasteiger partial charge is 0.0667 e. The van der Waals surface area contributed by atoms with Crippen molar-refractivity contribution >= 4 is 0 Å². The van der Waals surface area contributed by atoms with E-state index in [4.69, 9.17) is 4.74 Å². The molecule has 3 unspecified atom stereocenters. The van der Waals surface area contributed by atoms with Crippen LogP contribution < -0.4 is 5.32 Å². The van der Waals surface area contributed by atoms with Gasteiger partial charge in [0.15, 0.2) is 0 Å². The van der Waals surface area contributed by atoms with E-state index < -0.39 is 0 Å². The van der Waals surface area contributed by atoms with Crippen LogP contribution in [0.3, 0.4) is 0 Å². The van der Waals surface area contributed by atoms with Gasteiger partial charge in [-0.15, -0.1) is 0 Å². The summed E-state index contributed by atoms with van der Waals surface area (Å²) >= 11 is 0. The maximum Gasteiger partial charge on any atom is 0.0667 e. The van der Waals surface area contributed by atoms with Crippen LogP contribution in [0, 0.1) is 5.92 Å². The van der Waals surface area contributed by atoms with E-state index in [-0.39, 0.29) is 6.10 Å². The summed E-state index contributed by atoms with van der Waals surface area (Å²) in [6, 6.07) is 0.501. The van der Waals surface area contributed by atoms with E-state index >= 15 is 0 Å². The van der Waals surface area contributed by atoms with Gasteiger partial charge in [-0.3, -0.25) is 0 Å². The average molecular weight is 229 g/mol. The summed E-state index contributed by atoms with van der Waals surface area (Å²) in [5, 5.41) is 13.2. The van der Waals surface area contributed by atoms with Crippen molar-refractivity contribution in [2.24, 2.45) is 5.92 Å². The molecule has 0 aromatic rings. The third-order valence-electron chi connectivity index (χ3n) is 3.08. The normalized spacial score (nSPS) is 33.0. The SMILES string of the molecule is CC(C)CC(O)CNC1CC(C)OC(C)C1. The Balaban J connectivity index is 2.21. The Labute approximate surface area is 99.6 Å². The minimum atomic E-state index is -0.214. The maximum atomic E-state index is 9.79. The number of hydrogen-bond donors (Lipinski definition) is 2. The fourth-order valence-electron chi connectivity index (χ4n) is 2.50. The number of nitrogens with one attached hydrogen (secondary N) is 1. The van der Waals surface area contributed by atoms with Gasteiger partial charge < -0.3 is 15.2 Å². The van der Waals surface area contributed by atoms with Crippen molar-refractivity contribution in [2.45, 2.75) is 71.3 Å². The Hall–Kier alpha value is -0.120. The molecule has 0 spiro atoms. The molecule has 1 aliphatic heterocycles. The lowest BCUT2D eigenvalue weighted by Gasteiger charge is -2.33. The topological polar surface area (TPSA) is 41.5 Å². The van der Waals surface area contributed by atoms with Gasteiger partial charge in [0, 0.05) is 12.6 Å². The summed E-state index contributed by atoms with van der Waals surface area (Å²) in [6.07, 6.45) is 3.44. The number of aliphatic hydroxyl groups is 1. The summed E-state index contributed by atoms with van der Waals surface area (Å²) in [4.78, 5) is 0. The van der Waals surface area contributed by atoms with Gasteiger partial charge in [0.05, 0.1) is 18.3 Å². The van der Waals surface area contributed by atoms with Crippen LogP contribution in [0.15, 0.2) is 0 Å². The number of rotatable bonds is 5. The molecule has 1 aliphatic rings. The van der Waals surface area contributed by atoms with Gasteiger partial charge in [0.25, 0.3) is 0 Å². The van der Waals surface area contributed by atoms with Crippen LogP contribution in [-0.2, 0) is 4.74 Å². The van der Waals surface area contributed by atoms with Gasteiger partial charge >= 0.3 is 0 Å². The molecule has 1 saturated heterocycles. The fourth-order valence-corrected chi connectivity index (χ4v) is 2.50. The van der Waals surface area contributed by atoms with Crippen LogP contribution in [0.2, 0.25) is 0 Å². The van der Waals surface area contributed by atoms with Gasteiger partial charge in [0.1, 0.15) is 0 Å². The average Bonchev–Trinajstić information content (AvgIpc) is 2.12. The molecule has 1 heterocycles. The van der Waals surface area contributed by atoms with E-state index in [9.17, 15) is 5.11 Å². The first-order chi connectivity index (χ1) is 7.47. The van der Waals surface area contributed by atoms with Gasteiger partial charge in [-0.25, -0.2) is 0 Å². The van der Waals surface area contributed by atoms with Crippen molar-refractivity contribution in [3.8, 4) is 0 Å². The molecule has 3 nitrogen and oxygen atoms in total. The van der Waals surface area contributed by atoms with E-state index in [1.165, 1.54) is 0 Å². The standard InChI is InChI=1S/C13H27NO2/c1-9(2)5-13(15)8-14-12-6-10(3)16-11(4)7-12/h9-15H,5-8H2,1-4H3. The molecule has 0 amide bonds. The summed E-state index contributed by atoms with van der Waals surface area (Å²) in [5.41, 5.74) is 0. The summed E-state index contributed by atoms with van der Waals surface area (Å²) in [7, 11) is 0. The van der Waals surface area contributed by atoms with Crippen molar-refractivity contribution in [3.63, 3.8) is 0 Å². The molecule has 0 aromatic carbocycles. The van der Waals surface area contributed by atoms with Crippen LogP contribution in [0.25, 0.3) is 0 Å². The Morgan fingerprint density at radius 2 is 1.81 bits per heavy atom. The molecule has 2 N–H and O–H groups in total. The lowest BCUT2D eigenvalue weighted by atomic mass is 9.99. The highest BCUT2D eigenvalue weighted by atomic mass is 16.5. The summed E-state index contributed by atoms with van der Waals surface area (Å²) in [6.45, 7) is 9.23. The van der Waals surface area contributed by atoms with E-state index in [1.807, 2.05) is 0 Å². The van der Waals surface area contributed by atoms with E-state index in [1.54, 1.807) is 0 Å². The lowest BCUT2D eigenvalue weighted by molar-refractivity contribution is -0.0435. The zero-order chi connectivity index (χ0) is 12.1.